The maximum atomic E-state index is 12.7. The lowest BCUT2D eigenvalue weighted by Crippen LogP contribution is -2.48. The van der Waals surface area contributed by atoms with Crippen LogP contribution < -0.4 is 5.73 Å². The van der Waals surface area contributed by atoms with E-state index < -0.39 is 0 Å². The molecule has 0 aromatic rings. The number of carbonyl (C=O) groups is 1. The van der Waals surface area contributed by atoms with E-state index in [0.717, 1.165) is 38.6 Å². The van der Waals surface area contributed by atoms with E-state index in [-0.39, 0.29) is 11.5 Å². The minimum atomic E-state index is -0.160. The Hall–Kier alpha value is -0.610. The van der Waals surface area contributed by atoms with Crippen molar-refractivity contribution < 1.29 is 9.53 Å². The Morgan fingerprint density at radius 3 is 2.45 bits per heavy atom. The second kappa shape index (κ2) is 7.41. The van der Waals surface area contributed by atoms with Crippen molar-refractivity contribution in [2.24, 2.45) is 5.73 Å². The van der Waals surface area contributed by atoms with Gasteiger partial charge in [-0.15, -0.1) is 0 Å². The van der Waals surface area contributed by atoms with Crippen molar-refractivity contribution in [2.75, 3.05) is 20.2 Å². The topological polar surface area (TPSA) is 55.6 Å². The van der Waals surface area contributed by atoms with Gasteiger partial charge >= 0.3 is 0 Å². The molecule has 20 heavy (non-hydrogen) atoms. The number of methoxy groups -OCH3 is 1. The Balaban J connectivity index is 1.95. The van der Waals surface area contributed by atoms with Crippen LogP contribution in [0.1, 0.15) is 64.2 Å². The van der Waals surface area contributed by atoms with E-state index in [9.17, 15) is 4.79 Å². The number of ether oxygens (including phenoxy) is 1. The third-order valence-corrected chi connectivity index (χ3v) is 5.11. The number of hydrogen-bond acceptors (Lipinski definition) is 3. The van der Waals surface area contributed by atoms with Gasteiger partial charge in [0.1, 0.15) is 0 Å². The first-order valence-corrected chi connectivity index (χ1v) is 8.25. The molecule has 2 N–H and O–H groups in total. The normalized spacial score (nSPS) is 22.3. The first-order valence-electron chi connectivity index (χ1n) is 8.25. The number of rotatable bonds is 7. The molecular weight excluding hydrogens is 252 g/mol. The second-order valence-electron chi connectivity index (χ2n) is 6.44. The molecule has 0 radical (unpaired) electrons. The SMILES string of the molecule is COC1(CC(=O)N(CCCN)C2CCCCC2)CCC1. The van der Waals surface area contributed by atoms with Crippen LogP contribution in [0.25, 0.3) is 0 Å². The van der Waals surface area contributed by atoms with Crippen molar-refractivity contribution in [1.29, 1.82) is 0 Å². The second-order valence-corrected chi connectivity index (χ2v) is 6.44. The van der Waals surface area contributed by atoms with Gasteiger partial charge in [-0.1, -0.05) is 19.3 Å². The van der Waals surface area contributed by atoms with Gasteiger partial charge < -0.3 is 15.4 Å². The predicted octanol–water partition coefficient (Wildman–Crippen LogP) is 2.46. The van der Waals surface area contributed by atoms with Gasteiger partial charge in [0, 0.05) is 19.7 Å². The van der Waals surface area contributed by atoms with Gasteiger partial charge in [-0.05, 0) is 45.1 Å². The van der Waals surface area contributed by atoms with E-state index in [2.05, 4.69) is 4.90 Å². The van der Waals surface area contributed by atoms with Crippen LogP contribution in [0, 0.1) is 0 Å². The maximum Gasteiger partial charge on any atom is 0.225 e. The molecule has 0 atom stereocenters. The summed E-state index contributed by atoms with van der Waals surface area (Å²) in [4.78, 5) is 14.8. The molecule has 0 unspecified atom stereocenters. The van der Waals surface area contributed by atoms with Crippen molar-refractivity contribution in [1.82, 2.24) is 4.90 Å². The zero-order valence-electron chi connectivity index (χ0n) is 12.9. The zero-order valence-corrected chi connectivity index (χ0v) is 12.9. The highest BCUT2D eigenvalue weighted by Gasteiger charge is 2.40. The van der Waals surface area contributed by atoms with Crippen molar-refractivity contribution in [3.05, 3.63) is 0 Å². The molecule has 4 heteroatoms. The number of nitrogens with two attached hydrogens (primary N) is 1. The fourth-order valence-corrected chi connectivity index (χ4v) is 3.57. The van der Waals surface area contributed by atoms with E-state index >= 15 is 0 Å². The molecule has 0 aromatic carbocycles. The molecule has 2 aliphatic carbocycles. The van der Waals surface area contributed by atoms with Crippen LogP contribution in [0.5, 0.6) is 0 Å². The lowest BCUT2D eigenvalue weighted by Gasteiger charge is -2.42. The summed E-state index contributed by atoms with van der Waals surface area (Å²) in [6.45, 7) is 1.48. The quantitative estimate of drug-likeness (QED) is 0.780. The van der Waals surface area contributed by atoms with Crippen LogP contribution in [-0.4, -0.2) is 42.6 Å². The van der Waals surface area contributed by atoms with Gasteiger partial charge in [0.15, 0.2) is 0 Å². The predicted molar refractivity (Wildman–Crippen MR) is 80.5 cm³/mol. The third-order valence-electron chi connectivity index (χ3n) is 5.11. The summed E-state index contributed by atoms with van der Waals surface area (Å²) in [7, 11) is 1.75. The van der Waals surface area contributed by atoms with Gasteiger partial charge in [-0.25, -0.2) is 0 Å². The van der Waals surface area contributed by atoms with Crippen molar-refractivity contribution in [2.45, 2.75) is 75.9 Å². The Morgan fingerprint density at radius 1 is 1.25 bits per heavy atom. The molecule has 2 fully saturated rings. The zero-order chi connectivity index (χ0) is 14.4. The summed E-state index contributed by atoms with van der Waals surface area (Å²) < 4.78 is 5.61. The molecule has 4 nitrogen and oxygen atoms in total. The Labute approximate surface area is 123 Å². The average molecular weight is 282 g/mol. The molecule has 2 rings (SSSR count). The van der Waals surface area contributed by atoms with Crippen LogP contribution in [0.4, 0.5) is 0 Å². The van der Waals surface area contributed by atoms with Gasteiger partial charge in [-0.2, -0.15) is 0 Å². The van der Waals surface area contributed by atoms with Gasteiger partial charge in [0.25, 0.3) is 0 Å². The molecule has 2 aliphatic rings. The van der Waals surface area contributed by atoms with E-state index in [1.54, 1.807) is 7.11 Å². The minimum Gasteiger partial charge on any atom is -0.378 e. The van der Waals surface area contributed by atoms with E-state index in [1.807, 2.05) is 0 Å². The molecule has 0 aliphatic heterocycles. The minimum absolute atomic E-state index is 0.160. The molecule has 1 amide bonds. The number of hydrogen-bond donors (Lipinski definition) is 1. The molecule has 2 saturated carbocycles. The van der Waals surface area contributed by atoms with Gasteiger partial charge in [0.2, 0.25) is 5.91 Å². The lowest BCUT2D eigenvalue weighted by atomic mass is 9.77. The van der Waals surface area contributed by atoms with Crippen LogP contribution in [0.15, 0.2) is 0 Å². The highest BCUT2D eigenvalue weighted by molar-refractivity contribution is 5.77. The summed E-state index contributed by atoms with van der Waals surface area (Å²) in [5.41, 5.74) is 5.47. The lowest BCUT2D eigenvalue weighted by molar-refractivity contribution is -0.147. The number of nitrogens with zero attached hydrogens (tertiary/aromatic N) is 1. The first-order chi connectivity index (χ1) is 9.71. The fraction of sp³-hybridized carbons (Fsp3) is 0.938. The average Bonchev–Trinajstić information content (AvgIpc) is 2.44. The van der Waals surface area contributed by atoms with Crippen molar-refractivity contribution in [3.8, 4) is 0 Å². The standard InChI is InChI=1S/C16H30N2O2/c1-20-16(9-5-10-16)13-15(19)18(12-6-11-17)14-7-3-2-4-8-14/h14H,2-13,17H2,1H3. The van der Waals surface area contributed by atoms with Crippen LogP contribution in [-0.2, 0) is 9.53 Å². The third kappa shape index (κ3) is 3.73. The Kier molecular flexibility index (Phi) is 5.85. The molecule has 0 aromatic heterocycles. The highest BCUT2D eigenvalue weighted by Crippen LogP contribution is 2.39. The summed E-state index contributed by atoms with van der Waals surface area (Å²) in [6.07, 6.45) is 10.9. The first kappa shape index (κ1) is 15.8. The molecular formula is C16H30N2O2. The monoisotopic (exact) mass is 282 g/mol. The van der Waals surface area contributed by atoms with Crippen LogP contribution in [0.3, 0.4) is 0 Å². The largest absolute Gasteiger partial charge is 0.378 e. The van der Waals surface area contributed by atoms with Crippen LogP contribution >= 0.6 is 0 Å². The van der Waals surface area contributed by atoms with Crippen molar-refractivity contribution in [3.63, 3.8) is 0 Å². The summed E-state index contributed by atoms with van der Waals surface area (Å²) >= 11 is 0. The summed E-state index contributed by atoms with van der Waals surface area (Å²) in [5.74, 6) is 0.284. The Morgan fingerprint density at radius 2 is 1.95 bits per heavy atom. The smallest absolute Gasteiger partial charge is 0.225 e. The van der Waals surface area contributed by atoms with Gasteiger partial charge in [-0.3, -0.25) is 4.79 Å². The van der Waals surface area contributed by atoms with E-state index in [0.29, 0.717) is 19.0 Å². The Bertz CT molecular complexity index is 304. The number of amides is 1. The summed E-state index contributed by atoms with van der Waals surface area (Å²) in [6, 6.07) is 0.441. The van der Waals surface area contributed by atoms with Crippen molar-refractivity contribution >= 4 is 5.91 Å². The molecule has 0 spiro atoms. The van der Waals surface area contributed by atoms with Crippen LogP contribution in [0.2, 0.25) is 0 Å². The number of carbonyl (C=O) groups excluding carboxylic acids is 1. The van der Waals surface area contributed by atoms with E-state index in [4.69, 9.17) is 10.5 Å². The van der Waals surface area contributed by atoms with E-state index in [1.165, 1.54) is 25.7 Å². The molecule has 0 saturated heterocycles. The summed E-state index contributed by atoms with van der Waals surface area (Å²) in [5, 5.41) is 0. The molecule has 0 bridgehead atoms. The molecule has 0 heterocycles. The molecule has 116 valence electrons. The maximum absolute atomic E-state index is 12.7. The highest BCUT2D eigenvalue weighted by atomic mass is 16.5. The fourth-order valence-electron chi connectivity index (χ4n) is 3.57. The van der Waals surface area contributed by atoms with Gasteiger partial charge in [0.05, 0.1) is 12.0 Å².